The number of aromatic nitrogens is 5. The molecule has 0 saturated carbocycles. The predicted octanol–water partition coefficient (Wildman–Crippen LogP) is 3.19. The van der Waals surface area contributed by atoms with Crippen molar-refractivity contribution in [1.82, 2.24) is 34.4 Å². The van der Waals surface area contributed by atoms with Crippen LogP contribution in [0.4, 0.5) is 11.6 Å². The summed E-state index contributed by atoms with van der Waals surface area (Å²) in [5, 5.41) is 10.4. The van der Waals surface area contributed by atoms with Crippen LogP contribution in [0, 0.1) is 0 Å². The maximum absolute atomic E-state index is 13.2. The van der Waals surface area contributed by atoms with E-state index in [0.717, 1.165) is 30.7 Å². The molecule has 11 heteroatoms. The highest BCUT2D eigenvalue weighted by Crippen LogP contribution is 2.36. The van der Waals surface area contributed by atoms with Crippen molar-refractivity contribution in [3.8, 4) is 11.3 Å². The average Bonchev–Trinajstić information content (AvgIpc) is 3.34. The van der Waals surface area contributed by atoms with Gasteiger partial charge in [-0.25, -0.2) is 9.97 Å². The van der Waals surface area contributed by atoms with Crippen molar-refractivity contribution in [3.05, 3.63) is 78.5 Å². The standard InChI is InChI=1S/C28H31N9O2/c1-35(2)16-6-9-23(38)36-17-4-3-7-21(36)27-33-24(25-26(29)30-15-18-37(25)27)19-10-12-20(13-11-19)28(39)32-22-8-5-14-31-34-22/h5-6,8-15,18,21H,3-4,7,16-17H2,1-2H3,(H2,29,30)(H,32,34,39)/b9-6+. The molecule has 0 spiro atoms. The Morgan fingerprint density at radius 1 is 1.15 bits per heavy atom. The van der Waals surface area contributed by atoms with Crippen LogP contribution in [0.15, 0.2) is 67.1 Å². The number of nitrogen functional groups attached to an aromatic ring is 1. The van der Waals surface area contributed by atoms with Crippen LogP contribution in [-0.4, -0.2) is 73.4 Å². The van der Waals surface area contributed by atoms with Gasteiger partial charge in [-0.2, -0.15) is 5.10 Å². The van der Waals surface area contributed by atoms with E-state index in [-0.39, 0.29) is 17.9 Å². The van der Waals surface area contributed by atoms with E-state index in [0.29, 0.717) is 41.5 Å². The van der Waals surface area contributed by atoms with E-state index in [1.54, 1.807) is 42.7 Å². The topological polar surface area (TPSA) is 135 Å². The van der Waals surface area contributed by atoms with Crippen LogP contribution in [0.1, 0.15) is 41.5 Å². The molecule has 3 N–H and O–H groups in total. The van der Waals surface area contributed by atoms with E-state index >= 15 is 0 Å². The Morgan fingerprint density at radius 3 is 2.72 bits per heavy atom. The van der Waals surface area contributed by atoms with E-state index in [2.05, 4.69) is 20.5 Å². The SMILES string of the molecule is CN(C)C/C=C/C(=O)N1CCCCC1c1nc(-c2ccc(C(=O)Nc3cccnn3)cc2)c2c(N)nccn12. The minimum atomic E-state index is -0.294. The molecule has 11 nitrogen and oxygen atoms in total. The van der Waals surface area contributed by atoms with Crippen molar-refractivity contribution in [1.29, 1.82) is 0 Å². The number of nitrogens with zero attached hydrogens (tertiary/aromatic N) is 7. The number of likely N-dealkylation sites (N-methyl/N-ethyl adjacent to an activating group) is 1. The van der Waals surface area contributed by atoms with E-state index in [9.17, 15) is 9.59 Å². The smallest absolute Gasteiger partial charge is 0.256 e. The molecule has 4 aromatic rings. The van der Waals surface area contributed by atoms with Crippen LogP contribution in [0.2, 0.25) is 0 Å². The van der Waals surface area contributed by atoms with Crippen molar-refractivity contribution in [3.63, 3.8) is 0 Å². The highest BCUT2D eigenvalue weighted by atomic mass is 16.2. The van der Waals surface area contributed by atoms with Crippen LogP contribution in [0.5, 0.6) is 0 Å². The lowest BCUT2D eigenvalue weighted by atomic mass is 10.0. The molecular weight excluding hydrogens is 494 g/mol. The van der Waals surface area contributed by atoms with Crippen LogP contribution in [0.25, 0.3) is 16.8 Å². The number of anilines is 2. The Balaban J connectivity index is 1.47. The highest BCUT2D eigenvalue weighted by Gasteiger charge is 2.31. The summed E-state index contributed by atoms with van der Waals surface area (Å²) in [5.74, 6) is 1.14. The van der Waals surface area contributed by atoms with E-state index in [4.69, 9.17) is 10.7 Å². The minimum Gasteiger partial charge on any atom is -0.382 e. The number of hydrogen-bond donors (Lipinski definition) is 2. The molecule has 5 rings (SSSR count). The summed E-state index contributed by atoms with van der Waals surface area (Å²) in [6.07, 6.45) is 11.3. The molecule has 0 bridgehead atoms. The van der Waals surface area contributed by atoms with E-state index in [1.165, 1.54) is 0 Å². The van der Waals surface area contributed by atoms with E-state index < -0.39 is 0 Å². The molecule has 3 aromatic heterocycles. The first-order valence-electron chi connectivity index (χ1n) is 12.9. The lowest BCUT2D eigenvalue weighted by Gasteiger charge is -2.34. The molecule has 1 fully saturated rings. The maximum atomic E-state index is 13.2. The number of carbonyl (C=O) groups excluding carboxylic acids is 2. The fourth-order valence-electron chi connectivity index (χ4n) is 4.78. The van der Waals surface area contributed by atoms with Gasteiger partial charge in [0.1, 0.15) is 22.9 Å². The first kappa shape index (κ1) is 26.0. The molecule has 4 heterocycles. The Kier molecular flexibility index (Phi) is 7.60. The number of benzene rings is 1. The highest BCUT2D eigenvalue weighted by molar-refractivity contribution is 6.04. The number of imidazole rings is 1. The number of rotatable bonds is 7. The minimum absolute atomic E-state index is 0.0275. The zero-order chi connectivity index (χ0) is 27.4. The second-order valence-corrected chi connectivity index (χ2v) is 9.70. The zero-order valence-corrected chi connectivity index (χ0v) is 22.0. The number of hydrogen-bond acceptors (Lipinski definition) is 8. The summed E-state index contributed by atoms with van der Waals surface area (Å²) >= 11 is 0. The van der Waals surface area contributed by atoms with Gasteiger partial charge < -0.3 is 20.9 Å². The quantitative estimate of drug-likeness (QED) is 0.351. The summed E-state index contributed by atoms with van der Waals surface area (Å²) in [5.41, 5.74) is 8.92. The molecular formula is C28H31N9O2. The molecule has 1 atom stereocenters. The van der Waals surface area contributed by atoms with E-state index in [1.807, 2.05) is 52.7 Å². The molecule has 200 valence electrons. The summed E-state index contributed by atoms with van der Waals surface area (Å²) < 4.78 is 1.94. The summed E-state index contributed by atoms with van der Waals surface area (Å²) in [7, 11) is 3.93. The Labute approximate surface area is 226 Å². The number of piperidine rings is 1. The van der Waals surface area contributed by atoms with Crippen LogP contribution in [-0.2, 0) is 4.79 Å². The third-order valence-electron chi connectivity index (χ3n) is 6.66. The van der Waals surface area contributed by atoms with Gasteiger partial charge in [-0.1, -0.05) is 18.2 Å². The van der Waals surface area contributed by atoms with Crippen molar-refractivity contribution in [2.24, 2.45) is 0 Å². The monoisotopic (exact) mass is 525 g/mol. The largest absolute Gasteiger partial charge is 0.382 e. The third kappa shape index (κ3) is 5.63. The molecule has 1 aliphatic heterocycles. The second kappa shape index (κ2) is 11.4. The number of nitrogens with two attached hydrogens (primary N) is 1. The molecule has 1 unspecified atom stereocenters. The molecule has 1 aliphatic rings. The molecule has 0 aliphatic carbocycles. The van der Waals surface area contributed by atoms with Crippen molar-refractivity contribution in [2.45, 2.75) is 25.3 Å². The van der Waals surface area contributed by atoms with Crippen LogP contribution < -0.4 is 11.1 Å². The fourth-order valence-corrected chi connectivity index (χ4v) is 4.78. The summed E-state index contributed by atoms with van der Waals surface area (Å²) in [4.78, 5) is 39.1. The Hall–Kier alpha value is -4.64. The first-order valence-corrected chi connectivity index (χ1v) is 12.9. The van der Waals surface area contributed by atoms with Crippen molar-refractivity contribution in [2.75, 3.05) is 38.2 Å². The number of likely N-dealkylation sites (tertiary alicyclic amines) is 1. The summed E-state index contributed by atoms with van der Waals surface area (Å²) in [6.45, 7) is 1.35. The molecule has 1 aromatic carbocycles. The van der Waals surface area contributed by atoms with Crippen molar-refractivity contribution < 1.29 is 9.59 Å². The van der Waals surface area contributed by atoms with Gasteiger partial charge in [0.15, 0.2) is 5.82 Å². The number of carbonyl (C=O) groups is 2. The van der Waals surface area contributed by atoms with Gasteiger partial charge in [0.25, 0.3) is 5.91 Å². The van der Waals surface area contributed by atoms with Gasteiger partial charge in [0, 0.05) is 48.9 Å². The number of fused-ring (bicyclic) bond motifs is 1. The predicted molar refractivity (Wildman–Crippen MR) is 149 cm³/mol. The van der Waals surface area contributed by atoms with Gasteiger partial charge in [-0.05, 0) is 57.6 Å². The first-order chi connectivity index (χ1) is 18.9. The molecule has 2 amide bonds. The third-order valence-corrected chi connectivity index (χ3v) is 6.66. The molecule has 0 radical (unpaired) electrons. The van der Waals surface area contributed by atoms with Crippen molar-refractivity contribution >= 4 is 29.0 Å². The van der Waals surface area contributed by atoms with Gasteiger partial charge >= 0.3 is 0 Å². The lowest BCUT2D eigenvalue weighted by Crippen LogP contribution is -2.38. The molecule has 1 saturated heterocycles. The van der Waals surface area contributed by atoms with Crippen LogP contribution in [0.3, 0.4) is 0 Å². The van der Waals surface area contributed by atoms with Gasteiger partial charge in [0.2, 0.25) is 5.91 Å². The fraction of sp³-hybridized carbons (Fsp3) is 0.286. The normalized spacial score (nSPS) is 15.8. The van der Waals surface area contributed by atoms with Gasteiger partial charge in [-0.15, -0.1) is 5.10 Å². The van der Waals surface area contributed by atoms with Gasteiger partial charge in [-0.3, -0.25) is 14.0 Å². The number of nitrogens with one attached hydrogen (secondary N) is 1. The van der Waals surface area contributed by atoms with Crippen LogP contribution >= 0.6 is 0 Å². The zero-order valence-electron chi connectivity index (χ0n) is 22.0. The Bertz CT molecular complexity index is 1500. The average molecular weight is 526 g/mol. The maximum Gasteiger partial charge on any atom is 0.256 e. The Morgan fingerprint density at radius 2 is 1.97 bits per heavy atom. The second-order valence-electron chi connectivity index (χ2n) is 9.70. The van der Waals surface area contributed by atoms with Gasteiger partial charge in [0.05, 0.1) is 6.04 Å². The summed E-state index contributed by atoms with van der Waals surface area (Å²) in [6, 6.07) is 10.3. The molecule has 39 heavy (non-hydrogen) atoms. The number of amides is 2. The lowest BCUT2D eigenvalue weighted by molar-refractivity contribution is -0.130.